The summed E-state index contributed by atoms with van der Waals surface area (Å²) in [6.45, 7) is 33.3. The van der Waals surface area contributed by atoms with E-state index in [0.717, 1.165) is 50.2 Å². The molecule has 0 aliphatic heterocycles. The molecule has 6 aromatic carbocycles. The van der Waals surface area contributed by atoms with Crippen molar-refractivity contribution >= 4 is 11.0 Å². The van der Waals surface area contributed by atoms with Crippen molar-refractivity contribution < 1.29 is 26.2 Å². The quantitative estimate of drug-likeness (QED) is 0.175. The number of phenolic OH excluding ortho intramolecular Hbond substituents is 1. The Morgan fingerprint density at radius 1 is 0.448 bits per heavy atom. The fourth-order valence-corrected chi connectivity index (χ4v) is 8.32. The molecule has 1 N–H and O–H groups in total. The van der Waals surface area contributed by atoms with Crippen molar-refractivity contribution in [3.63, 3.8) is 0 Å². The van der Waals surface area contributed by atoms with Gasteiger partial charge in [-0.1, -0.05) is 212 Å². The molecule has 8 rings (SSSR count). The molecule has 0 fully saturated rings. The van der Waals surface area contributed by atoms with Crippen molar-refractivity contribution in [2.24, 2.45) is 0 Å². The number of benzene rings is 6. The number of fused-ring (bicyclic) bond motifs is 1. The largest absolute Gasteiger partial charge is 0.508 e. The maximum Gasteiger partial charge on any atom is 0.119 e. The van der Waals surface area contributed by atoms with Gasteiger partial charge in [-0.3, -0.25) is 9.55 Å². The molecule has 0 radical (unpaired) electrons. The van der Waals surface area contributed by atoms with Gasteiger partial charge in [0.25, 0.3) is 0 Å². The van der Waals surface area contributed by atoms with Gasteiger partial charge in [-0.2, -0.15) is 0 Å². The number of pyridine rings is 1. The molecule has 2 heterocycles. The van der Waals surface area contributed by atoms with Crippen LogP contribution in [0.2, 0.25) is 0 Å². The van der Waals surface area contributed by atoms with E-state index in [4.69, 9.17) is 9.97 Å². The number of nitrogens with zero attached hydrogens (tertiary/aromatic N) is 3. The molecule has 0 atom stereocenters. The molecule has 0 saturated heterocycles. The second kappa shape index (κ2) is 19.2. The summed E-state index contributed by atoms with van der Waals surface area (Å²) in [5.41, 5.74) is 18.0. The monoisotopic (exact) mass is 1070 g/mol. The van der Waals surface area contributed by atoms with Crippen LogP contribution in [-0.4, -0.2) is 19.6 Å². The zero-order valence-electron chi connectivity index (χ0n) is 42.5. The Morgan fingerprint density at radius 3 is 1.64 bits per heavy atom. The van der Waals surface area contributed by atoms with Gasteiger partial charge in [-0.05, 0) is 90.3 Å². The van der Waals surface area contributed by atoms with Gasteiger partial charge >= 0.3 is 0 Å². The first-order chi connectivity index (χ1) is 30.8. The first-order valence-corrected chi connectivity index (χ1v) is 23.4. The molecule has 67 heavy (non-hydrogen) atoms. The normalized spacial score (nSPS) is 12.3. The Balaban J connectivity index is 0.000000396. The van der Waals surface area contributed by atoms with Crippen LogP contribution in [-0.2, 0) is 48.1 Å². The van der Waals surface area contributed by atoms with Crippen molar-refractivity contribution in [3.05, 3.63) is 180 Å². The zero-order chi connectivity index (χ0) is 48.0. The van der Waals surface area contributed by atoms with Gasteiger partial charge < -0.3 is 5.11 Å². The van der Waals surface area contributed by atoms with Crippen LogP contribution < -0.4 is 0 Å². The van der Waals surface area contributed by atoms with Crippen LogP contribution in [0, 0.1) is 6.07 Å². The van der Waals surface area contributed by atoms with Gasteiger partial charge in [0.1, 0.15) is 5.75 Å². The van der Waals surface area contributed by atoms with Gasteiger partial charge in [0.2, 0.25) is 0 Å². The summed E-state index contributed by atoms with van der Waals surface area (Å²) in [5, 5.41) is 9.84. The number of aromatic nitrogens is 3. The number of aromatic hydroxyl groups is 1. The first-order valence-electron chi connectivity index (χ1n) is 23.4. The minimum atomic E-state index is -0.0757. The molecule has 4 nitrogen and oxygen atoms in total. The predicted molar refractivity (Wildman–Crippen MR) is 281 cm³/mol. The van der Waals surface area contributed by atoms with Gasteiger partial charge in [0.15, 0.2) is 0 Å². The van der Waals surface area contributed by atoms with Crippen molar-refractivity contribution in [1.29, 1.82) is 0 Å². The third kappa shape index (κ3) is 11.6. The average Bonchev–Trinajstić information content (AvgIpc) is 3.70. The van der Waals surface area contributed by atoms with Crippen LogP contribution in [0.5, 0.6) is 5.75 Å². The summed E-state index contributed by atoms with van der Waals surface area (Å²) in [4.78, 5) is 9.95. The Kier molecular flexibility index (Phi) is 14.6. The fraction of sp³-hybridized carbons (Fsp3) is 0.323. The van der Waals surface area contributed by atoms with E-state index in [1.165, 1.54) is 38.9 Å². The number of phenols is 1. The summed E-state index contributed by atoms with van der Waals surface area (Å²) in [7, 11) is 0. The number of para-hydroxylation sites is 1. The van der Waals surface area contributed by atoms with E-state index >= 15 is 0 Å². The standard InChI is InChI=1S/C48H48N3.C14H22O.Pt/c1-46(2,3)37-20-18-33(19-21-37)40-23-22-38(47(4,5)6)30-44(40)51-31-50-45-41(16-13-17-43(45)51)35-26-36(28-39(27-35)48(7,8)9)42-29-34(24-25-49-42)32-14-11-10-12-15-32;1-13(2,3)10-7-8-12(15)11(9-10)14(4,5)6;/h10-25,27-31H,1-9H3;7-9,15H,1-6H3;/q-1;;. The molecule has 0 amide bonds. The Morgan fingerprint density at radius 2 is 1.03 bits per heavy atom. The van der Waals surface area contributed by atoms with E-state index in [0.29, 0.717) is 5.75 Å². The van der Waals surface area contributed by atoms with Crippen LogP contribution >= 0.6 is 0 Å². The van der Waals surface area contributed by atoms with Gasteiger partial charge in [0.05, 0.1) is 23.0 Å². The zero-order valence-corrected chi connectivity index (χ0v) is 44.7. The molecule has 8 aromatic rings. The maximum absolute atomic E-state index is 9.84. The minimum Gasteiger partial charge on any atom is -0.508 e. The van der Waals surface area contributed by atoms with E-state index in [1.54, 1.807) is 6.07 Å². The molecular formula is C62H70N3OPt-. The average molecular weight is 1070 g/mol. The molecule has 0 saturated carbocycles. The van der Waals surface area contributed by atoms with Crippen LogP contribution in [0.3, 0.4) is 0 Å². The Labute approximate surface area is 416 Å². The van der Waals surface area contributed by atoms with Gasteiger partial charge in [-0.25, -0.2) is 4.98 Å². The van der Waals surface area contributed by atoms with Crippen LogP contribution in [0.1, 0.15) is 132 Å². The predicted octanol–water partition coefficient (Wildman–Crippen LogP) is 16.8. The van der Waals surface area contributed by atoms with Crippen LogP contribution in [0.15, 0.2) is 146 Å². The SMILES string of the molecule is CC(C)(C)c1ccc(-c2ccc(C(C)(C)C)cc2-n2cnc3c(-c4[c-]c(-c5cc(-c6ccccc6)ccn5)cc(C(C)(C)C)c4)cccc32)cc1.CC(C)(C)c1ccc(O)c(C(C)(C)C)c1.[Pt]. The number of hydrogen-bond acceptors (Lipinski definition) is 3. The van der Waals surface area contributed by atoms with Gasteiger partial charge in [0, 0.05) is 38.5 Å². The topological polar surface area (TPSA) is 50.9 Å². The first kappa shape index (κ1) is 50.8. The molecule has 0 unspecified atom stereocenters. The summed E-state index contributed by atoms with van der Waals surface area (Å²) in [6.07, 6.45) is 3.89. The molecule has 0 aliphatic rings. The molecule has 0 aliphatic carbocycles. The molecule has 2 aromatic heterocycles. The molecule has 350 valence electrons. The van der Waals surface area contributed by atoms with E-state index in [-0.39, 0.29) is 48.1 Å². The van der Waals surface area contributed by atoms with E-state index in [9.17, 15) is 5.11 Å². The fourth-order valence-electron chi connectivity index (χ4n) is 8.32. The summed E-state index contributed by atoms with van der Waals surface area (Å²) in [6, 6.07) is 51.4. The van der Waals surface area contributed by atoms with E-state index in [2.05, 4.69) is 230 Å². The minimum absolute atomic E-state index is 0. The molecule has 0 spiro atoms. The molecule has 0 bridgehead atoms. The van der Waals surface area contributed by atoms with Crippen molar-refractivity contribution in [3.8, 4) is 56.1 Å². The maximum atomic E-state index is 9.84. The Hall–Kier alpha value is -5.57. The second-order valence-corrected chi connectivity index (χ2v) is 23.1. The third-order valence-electron chi connectivity index (χ3n) is 12.6. The molecule has 5 heteroatoms. The van der Waals surface area contributed by atoms with Gasteiger partial charge in [-0.15, -0.1) is 29.3 Å². The van der Waals surface area contributed by atoms with E-state index in [1.807, 2.05) is 24.7 Å². The smallest absolute Gasteiger partial charge is 0.119 e. The van der Waals surface area contributed by atoms with Crippen molar-refractivity contribution in [2.75, 3.05) is 0 Å². The number of rotatable bonds is 5. The van der Waals surface area contributed by atoms with E-state index < -0.39 is 0 Å². The summed E-state index contributed by atoms with van der Waals surface area (Å²) < 4.78 is 2.26. The van der Waals surface area contributed by atoms with Crippen molar-refractivity contribution in [2.45, 2.75) is 131 Å². The summed E-state index contributed by atoms with van der Waals surface area (Å²) in [5.74, 6) is 0.399. The Bertz CT molecular complexity index is 2980. The number of imidazole rings is 1. The number of hydrogen-bond donors (Lipinski definition) is 1. The van der Waals surface area contributed by atoms with Crippen LogP contribution in [0.4, 0.5) is 0 Å². The molecular weight excluding hydrogens is 998 g/mol. The van der Waals surface area contributed by atoms with Crippen molar-refractivity contribution in [1.82, 2.24) is 14.5 Å². The third-order valence-corrected chi connectivity index (χ3v) is 12.6. The second-order valence-electron chi connectivity index (χ2n) is 23.1. The summed E-state index contributed by atoms with van der Waals surface area (Å²) >= 11 is 0. The van der Waals surface area contributed by atoms with Crippen LogP contribution in [0.25, 0.3) is 61.4 Å².